The van der Waals surface area contributed by atoms with Crippen LogP contribution in [0.3, 0.4) is 0 Å². The van der Waals surface area contributed by atoms with Crippen LogP contribution in [0.1, 0.15) is 11.1 Å². The van der Waals surface area contributed by atoms with Crippen molar-refractivity contribution in [3.8, 4) is 11.5 Å². The molecule has 0 amide bonds. The molecule has 126 valence electrons. The fourth-order valence-electron chi connectivity index (χ4n) is 2.53. The number of nitrogens with one attached hydrogen (secondary N) is 1. The Balaban J connectivity index is 1.75. The Morgan fingerprint density at radius 2 is 1.88 bits per heavy atom. The molecule has 8 heteroatoms. The summed E-state index contributed by atoms with van der Waals surface area (Å²) in [5, 5.41) is 4.00. The number of fused-ring (bicyclic) bond motifs is 1. The van der Waals surface area contributed by atoms with Crippen LogP contribution in [0.5, 0.6) is 11.5 Å². The molecular weight excluding hydrogens is 310 g/mol. The van der Waals surface area contributed by atoms with Crippen molar-refractivity contribution in [2.45, 2.75) is 13.1 Å². The second kappa shape index (κ2) is 6.63. The lowest BCUT2D eigenvalue weighted by Gasteiger charge is -2.11. The predicted molar refractivity (Wildman–Crippen MR) is 90.7 cm³/mol. The van der Waals surface area contributed by atoms with Gasteiger partial charge in [-0.25, -0.2) is 0 Å². The molecule has 0 radical (unpaired) electrons. The number of nitrogens with zero attached hydrogens (tertiary/aromatic N) is 2. The van der Waals surface area contributed by atoms with Gasteiger partial charge in [0.2, 0.25) is 11.7 Å². The number of hydrogen-bond acceptors (Lipinski definition) is 8. The highest BCUT2D eigenvalue weighted by Gasteiger charge is 2.13. The van der Waals surface area contributed by atoms with Gasteiger partial charge in [0.1, 0.15) is 17.3 Å². The van der Waals surface area contributed by atoms with Gasteiger partial charge in [0, 0.05) is 24.2 Å². The smallest absolute Gasteiger partial charge is 0.233 e. The van der Waals surface area contributed by atoms with Crippen LogP contribution >= 0.6 is 0 Å². The molecule has 0 aliphatic heterocycles. The topological polar surface area (TPSA) is 121 Å². The Morgan fingerprint density at radius 3 is 2.62 bits per heavy atom. The minimum absolute atomic E-state index is 0.0926. The molecule has 2 heterocycles. The predicted octanol–water partition coefficient (Wildman–Crippen LogP) is 1.69. The molecule has 3 rings (SSSR count). The first-order chi connectivity index (χ1) is 11.6. The van der Waals surface area contributed by atoms with Crippen LogP contribution in [0.25, 0.3) is 11.1 Å². The van der Waals surface area contributed by atoms with Gasteiger partial charge in [0.05, 0.1) is 25.9 Å². The number of anilines is 2. The van der Waals surface area contributed by atoms with Crippen LogP contribution in [0.2, 0.25) is 0 Å². The second-order valence-electron chi connectivity index (χ2n) is 5.19. The van der Waals surface area contributed by atoms with Crippen molar-refractivity contribution in [3.63, 3.8) is 0 Å². The normalized spacial score (nSPS) is 10.9. The number of furan rings is 1. The summed E-state index contributed by atoms with van der Waals surface area (Å²) in [6.45, 7) is 1.12. The fraction of sp³-hybridized carbons (Fsp3) is 0.250. The van der Waals surface area contributed by atoms with Gasteiger partial charge in [0.25, 0.3) is 0 Å². The van der Waals surface area contributed by atoms with Gasteiger partial charge >= 0.3 is 0 Å². The van der Waals surface area contributed by atoms with Gasteiger partial charge in [-0.05, 0) is 18.2 Å². The Morgan fingerprint density at radius 1 is 1.08 bits per heavy atom. The number of hydrogen-bond donors (Lipinski definition) is 3. The maximum Gasteiger partial charge on any atom is 0.233 e. The number of nitrogen functional groups attached to an aromatic ring is 2. The van der Waals surface area contributed by atoms with E-state index >= 15 is 0 Å². The molecule has 0 aliphatic carbocycles. The minimum atomic E-state index is 0.0926. The van der Waals surface area contributed by atoms with Crippen LogP contribution in [0, 0.1) is 0 Å². The molecule has 0 saturated carbocycles. The number of benzene rings is 1. The van der Waals surface area contributed by atoms with E-state index < -0.39 is 0 Å². The lowest BCUT2D eigenvalue weighted by Crippen LogP contribution is -2.13. The Bertz CT molecular complexity index is 862. The molecule has 0 atom stereocenters. The summed E-state index contributed by atoms with van der Waals surface area (Å²) in [5.41, 5.74) is 13.7. The zero-order valence-electron chi connectivity index (χ0n) is 13.5. The first-order valence-corrected chi connectivity index (χ1v) is 7.33. The summed E-state index contributed by atoms with van der Waals surface area (Å²) in [6, 6.07) is 5.66. The Labute approximate surface area is 138 Å². The molecule has 0 unspecified atom stereocenters. The maximum absolute atomic E-state index is 5.91. The van der Waals surface area contributed by atoms with Gasteiger partial charge in [-0.1, -0.05) is 0 Å². The summed E-state index contributed by atoms with van der Waals surface area (Å²) in [7, 11) is 3.27. The Hall–Kier alpha value is -3.00. The summed E-state index contributed by atoms with van der Waals surface area (Å²) in [6.07, 6.45) is 1.60. The van der Waals surface area contributed by atoms with Gasteiger partial charge in [0.15, 0.2) is 0 Å². The van der Waals surface area contributed by atoms with Crippen molar-refractivity contribution in [2.75, 3.05) is 25.7 Å². The molecule has 0 spiro atoms. The van der Waals surface area contributed by atoms with Gasteiger partial charge in [-0.3, -0.25) is 0 Å². The third-order valence-electron chi connectivity index (χ3n) is 3.67. The van der Waals surface area contributed by atoms with Crippen LogP contribution in [-0.2, 0) is 13.1 Å². The molecule has 1 aromatic carbocycles. The number of rotatable bonds is 6. The quantitative estimate of drug-likeness (QED) is 0.624. The highest BCUT2D eigenvalue weighted by Crippen LogP contribution is 2.26. The van der Waals surface area contributed by atoms with Crippen LogP contribution < -0.4 is 26.3 Å². The lowest BCUT2D eigenvalue weighted by atomic mass is 10.1. The SMILES string of the molecule is COc1ccc(OC)c(CNCc2coc3nc(N)nc(N)c23)c1. The minimum Gasteiger partial charge on any atom is -0.497 e. The summed E-state index contributed by atoms with van der Waals surface area (Å²) >= 11 is 0. The van der Waals surface area contributed by atoms with E-state index in [4.69, 9.17) is 25.4 Å². The van der Waals surface area contributed by atoms with E-state index in [2.05, 4.69) is 15.3 Å². The fourth-order valence-corrected chi connectivity index (χ4v) is 2.53. The first-order valence-electron chi connectivity index (χ1n) is 7.33. The average molecular weight is 329 g/mol. The zero-order chi connectivity index (χ0) is 17.1. The molecule has 0 fully saturated rings. The molecule has 0 bridgehead atoms. The van der Waals surface area contributed by atoms with Crippen molar-refractivity contribution < 1.29 is 13.9 Å². The molecular formula is C16H19N5O3. The van der Waals surface area contributed by atoms with Crippen LogP contribution in [-0.4, -0.2) is 24.2 Å². The standard InChI is InChI=1S/C16H19N5O3/c1-22-11-3-4-12(23-2)9(5-11)6-19-7-10-8-24-15-13(10)14(17)20-16(18)21-15/h3-5,8,19H,6-7H2,1-2H3,(H4,17,18,20,21). The second-order valence-corrected chi connectivity index (χ2v) is 5.19. The van der Waals surface area contributed by atoms with E-state index in [0.717, 1.165) is 22.6 Å². The van der Waals surface area contributed by atoms with E-state index in [9.17, 15) is 0 Å². The maximum atomic E-state index is 5.91. The number of methoxy groups -OCH3 is 2. The van der Waals surface area contributed by atoms with Crippen molar-refractivity contribution in [1.82, 2.24) is 15.3 Å². The van der Waals surface area contributed by atoms with Crippen molar-refractivity contribution in [3.05, 3.63) is 35.6 Å². The van der Waals surface area contributed by atoms with E-state index in [1.54, 1.807) is 20.5 Å². The molecule has 5 N–H and O–H groups in total. The highest BCUT2D eigenvalue weighted by atomic mass is 16.5. The largest absolute Gasteiger partial charge is 0.497 e. The molecule has 2 aromatic heterocycles. The summed E-state index contributed by atoms with van der Waals surface area (Å²) in [5.74, 6) is 1.96. The third kappa shape index (κ3) is 3.04. The molecule has 24 heavy (non-hydrogen) atoms. The van der Waals surface area contributed by atoms with E-state index in [0.29, 0.717) is 30.0 Å². The van der Waals surface area contributed by atoms with Crippen molar-refractivity contribution in [2.24, 2.45) is 0 Å². The molecule has 8 nitrogen and oxygen atoms in total. The molecule has 0 aliphatic rings. The van der Waals surface area contributed by atoms with Gasteiger partial charge < -0.3 is 30.7 Å². The lowest BCUT2D eigenvalue weighted by molar-refractivity contribution is 0.397. The number of aromatic nitrogens is 2. The third-order valence-corrected chi connectivity index (χ3v) is 3.67. The number of nitrogens with two attached hydrogens (primary N) is 2. The monoisotopic (exact) mass is 329 g/mol. The van der Waals surface area contributed by atoms with Gasteiger partial charge in [-0.2, -0.15) is 9.97 Å². The van der Waals surface area contributed by atoms with Crippen molar-refractivity contribution in [1.29, 1.82) is 0 Å². The first kappa shape index (κ1) is 15.9. The van der Waals surface area contributed by atoms with E-state index in [1.165, 1.54) is 0 Å². The zero-order valence-corrected chi connectivity index (χ0v) is 13.5. The average Bonchev–Trinajstić information content (AvgIpc) is 2.97. The molecule has 0 saturated heterocycles. The van der Waals surface area contributed by atoms with Crippen LogP contribution in [0.4, 0.5) is 11.8 Å². The number of ether oxygens (including phenoxy) is 2. The summed E-state index contributed by atoms with van der Waals surface area (Å²) in [4.78, 5) is 8.00. The van der Waals surface area contributed by atoms with E-state index in [1.807, 2.05) is 18.2 Å². The van der Waals surface area contributed by atoms with Crippen LogP contribution in [0.15, 0.2) is 28.9 Å². The Kier molecular flexibility index (Phi) is 4.39. The highest BCUT2D eigenvalue weighted by molar-refractivity contribution is 5.88. The van der Waals surface area contributed by atoms with E-state index in [-0.39, 0.29) is 5.95 Å². The van der Waals surface area contributed by atoms with Gasteiger partial charge in [-0.15, -0.1) is 0 Å². The molecule has 3 aromatic rings. The summed E-state index contributed by atoms with van der Waals surface area (Å²) < 4.78 is 16.0. The van der Waals surface area contributed by atoms with Crippen molar-refractivity contribution >= 4 is 22.9 Å².